The van der Waals surface area contributed by atoms with Crippen LogP contribution in [0.3, 0.4) is 0 Å². The topological polar surface area (TPSA) is 41.3 Å². The van der Waals surface area contributed by atoms with Crippen molar-refractivity contribution in [3.05, 3.63) is 41.3 Å². The number of nitrogens with one attached hydrogen (secondary N) is 1. The van der Waals surface area contributed by atoms with Gasteiger partial charge in [0, 0.05) is 33.3 Å². The van der Waals surface area contributed by atoms with Crippen molar-refractivity contribution in [1.29, 1.82) is 0 Å². The molecule has 2 aromatic rings. The normalized spacial score (nSPS) is 10.4. The second-order valence-corrected chi connectivity index (χ2v) is 4.51. The zero-order valence-corrected chi connectivity index (χ0v) is 11.3. The van der Waals surface area contributed by atoms with Gasteiger partial charge >= 0.3 is 0 Å². The fourth-order valence-electron chi connectivity index (χ4n) is 1.80. The van der Waals surface area contributed by atoms with Gasteiger partial charge in [-0.05, 0) is 24.6 Å². The molecule has 96 valence electrons. The number of benzene rings is 1. The van der Waals surface area contributed by atoms with Gasteiger partial charge < -0.3 is 14.6 Å². The van der Waals surface area contributed by atoms with E-state index in [-0.39, 0.29) is 0 Å². The number of anilines is 2. The minimum Gasteiger partial charge on any atom is -0.429 e. The molecule has 1 N–H and O–H groups in total. The zero-order chi connectivity index (χ0) is 13.1. The summed E-state index contributed by atoms with van der Waals surface area (Å²) in [5.74, 6) is 0.871. The van der Waals surface area contributed by atoms with Crippen LogP contribution in [0.25, 0.3) is 0 Å². The number of aryl methyl sites for hydroxylation is 1. The van der Waals surface area contributed by atoms with Crippen LogP contribution in [0.15, 0.2) is 28.7 Å². The minimum absolute atomic E-state index is 0.576. The third kappa shape index (κ3) is 2.64. The van der Waals surface area contributed by atoms with Crippen molar-refractivity contribution in [3.63, 3.8) is 0 Å². The quantitative estimate of drug-likeness (QED) is 0.899. The maximum Gasteiger partial charge on any atom is 0.294 e. The van der Waals surface area contributed by atoms with Crippen molar-refractivity contribution < 1.29 is 4.42 Å². The molecule has 0 saturated heterocycles. The Kier molecular flexibility index (Phi) is 3.55. The average Bonchev–Trinajstić information content (AvgIpc) is 2.71. The molecule has 1 aromatic heterocycles. The van der Waals surface area contributed by atoms with E-state index in [2.05, 4.69) is 39.5 Å². The molecule has 0 fully saturated rings. The highest BCUT2D eigenvalue weighted by atomic mass is 16.4. The first-order valence-corrected chi connectivity index (χ1v) is 6.00. The van der Waals surface area contributed by atoms with Crippen LogP contribution in [-0.4, -0.2) is 26.1 Å². The molecule has 0 aliphatic rings. The van der Waals surface area contributed by atoms with Crippen LogP contribution in [0.5, 0.6) is 0 Å². The molecule has 0 atom stereocenters. The molecule has 0 aliphatic heterocycles. The summed E-state index contributed by atoms with van der Waals surface area (Å²) in [6.07, 6.45) is 0.796. The third-order valence-electron chi connectivity index (χ3n) is 2.93. The van der Waals surface area contributed by atoms with Crippen LogP contribution < -0.4 is 10.2 Å². The van der Waals surface area contributed by atoms with Crippen molar-refractivity contribution in [1.82, 2.24) is 4.98 Å². The van der Waals surface area contributed by atoms with E-state index in [9.17, 15) is 0 Å². The molecule has 2 rings (SSSR count). The largest absolute Gasteiger partial charge is 0.429 e. The first kappa shape index (κ1) is 12.5. The van der Waals surface area contributed by atoms with E-state index in [1.165, 1.54) is 11.3 Å². The summed E-state index contributed by atoms with van der Waals surface area (Å²) in [4.78, 5) is 6.48. The van der Waals surface area contributed by atoms with E-state index < -0.39 is 0 Å². The Morgan fingerprint density at radius 3 is 2.39 bits per heavy atom. The highest BCUT2D eigenvalue weighted by Gasteiger charge is 2.09. The summed E-state index contributed by atoms with van der Waals surface area (Å²) in [5.41, 5.74) is 3.42. The summed E-state index contributed by atoms with van der Waals surface area (Å²) >= 11 is 0. The molecule has 18 heavy (non-hydrogen) atoms. The highest BCUT2D eigenvalue weighted by molar-refractivity contribution is 5.46. The van der Waals surface area contributed by atoms with Crippen LogP contribution in [0.1, 0.15) is 17.0 Å². The molecule has 0 amide bonds. The summed E-state index contributed by atoms with van der Waals surface area (Å²) in [7, 11) is 5.88. The Balaban J connectivity index is 2.15. The summed E-state index contributed by atoms with van der Waals surface area (Å²) in [5, 5.41) is 2.91. The van der Waals surface area contributed by atoms with Gasteiger partial charge in [-0.1, -0.05) is 12.1 Å². The first-order chi connectivity index (χ1) is 8.60. The van der Waals surface area contributed by atoms with Gasteiger partial charge in [0.2, 0.25) is 0 Å². The van der Waals surface area contributed by atoms with E-state index in [0.29, 0.717) is 6.01 Å². The third-order valence-corrected chi connectivity index (χ3v) is 2.93. The molecule has 0 bridgehead atoms. The fourth-order valence-corrected chi connectivity index (χ4v) is 1.80. The van der Waals surface area contributed by atoms with Gasteiger partial charge in [0.1, 0.15) is 5.76 Å². The van der Waals surface area contributed by atoms with Gasteiger partial charge in [0.15, 0.2) is 0 Å². The van der Waals surface area contributed by atoms with Gasteiger partial charge in [-0.15, -0.1) is 0 Å². The highest BCUT2D eigenvalue weighted by Crippen LogP contribution is 2.19. The maximum atomic E-state index is 5.47. The predicted octanol–water partition coefficient (Wildman–Crippen LogP) is 2.68. The Bertz CT molecular complexity index is 514. The molecule has 1 heterocycles. The van der Waals surface area contributed by atoms with E-state index in [1.54, 1.807) is 7.05 Å². The molecule has 4 nitrogen and oxygen atoms in total. The Morgan fingerprint density at radius 2 is 1.89 bits per heavy atom. The molecule has 0 radical (unpaired) electrons. The minimum atomic E-state index is 0.576. The van der Waals surface area contributed by atoms with Crippen LogP contribution in [0.4, 0.5) is 11.7 Å². The van der Waals surface area contributed by atoms with Crippen LogP contribution >= 0.6 is 0 Å². The van der Waals surface area contributed by atoms with Crippen molar-refractivity contribution in [2.75, 3.05) is 31.4 Å². The molecular formula is C14H19N3O. The molecule has 0 spiro atoms. The molecule has 1 aromatic carbocycles. The van der Waals surface area contributed by atoms with Gasteiger partial charge in [0.05, 0.1) is 5.69 Å². The van der Waals surface area contributed by atoms with Crippen molar-refractivity contribution >= 4 is 11.7 Å². The van der Waals surface area contributed by atoms with Crippen LogP contribution in [-0.2, 0) is 6.42 Å². The molecule has 0 aliphatic carbocycles. The Hall–Kier alpha value is -1.97. The maximum absolute atomic E-state index is 5.47. The first-order valence-electron chi connectivity index (χ1n) is 6.00. The second-order valence-electron chi connectivity index (χ2n) is 4.51. The summed E-state index contributed by atoms with van der Waals surface area (Å²) in [6.45, 7) is 1.94. The summed E-state index contributed by atoms with van der Waals surface area (Å²) in [6, 6.07) is 9.06. The van der Waals surface area contributed by atoms with Crippen LogP contribution in [0.2, 0.25) is 0 Å². The van der Waals surface area contributed by atoms with Crippen molar-refractivity contribution in [2.45, 2.75) is 13.3 Å². The number of oxazole rings is 1. The molecule has 0 unspecified atom stereocenters. The standard InChI is InChI=1S/C14H19N3O/c1-10-13(16-14(15-2)18-10)9-11-5-7-12(8-6-11)17(3)4/h5-8H,9H2,1-4H3,(H,15,16). The molecular weight excluding hydrogens is 226 g/mol. The lowest BCUT2D eigenvalue weighted by atomic mass is 10.1. The van der Waals surface area contributed by atoms with Gasteiger partial charge in [-0.3, -0.25) is 0 Å². The Labute approximate surface area is 108 Å². The SMILES string of the molecule is CNc1nc(Cc2ccc(N(C)C)cc2)c(C)o1. The van der Waals surface area contributed by atoms with E-state index >= 15 is 0 Å². The zero-order valence-electron chi connectivity index (χ0n) is 11.3. The predicted molar refractivity (Wildman–Crippen MR) is 74.4 cm³/mol. The van der Waals surface area contributed by atoms with E-state index in [0.717, 1.165) is 17.9 Å². The van der Waals surface area contributed by atoms with Crippen molar-refractivity contribution in [3.8, 4) is 0 Å². The smallest absolute Gasteiger partial charge is 0.294 e. The number of rotatable bonds is 4. The van der Waals surface area contributed by atoms with Gasteiger partial charge in [0.25, 0.3) is 6.01 Å². The number of nitrogens with zero attached hydrogens (tertiary/aromatic N) is 2. The summed E-state index contributed by atoms with van der Waals surface area (Å²) < 4.78 is 5.47. The van der Waals surface area contributed by atoms with Crippen molar-refractivity contribution in [2.24, 2.45) is 0 Å². The van der Waals surface area contributed by atoms with Gasteiger partial charge in [-0.2, -0.15) is 4.98 Å². The lowest BCUT2D eigenvalue weighted by molar-refractivity contribution is 0.541. The molecule has 0 saturated carbocycles. The number of aromatic nitrogens is 1. The second kappa shape index (κ2) is 5.12. The number of hydrogen-bond donors (Lipinski definition) is 1. The Morgan fingerprint density at radius 1 is 1.22 bits per heavy atom. The van der Waals surface area contributed by atoms with E-state index in [4.69, 9.17) is 4.42 Å². The number of hydrogen-bond acceptors (Lipinski definition) is 4. The fraction of sp³-hybridized carbons (Fsp3) is 0.357. The van der Waals surface area contributed by atoms with Crippen LogP contribution in [0, 0.1) is 6.92 Å². The molecule has 4 heteroatoms. The van der Waals surface area contributed by atoms with Gasteiger partial charge in [-0.25, -0.2) is 0 Å². The lowest BCUT2D eigenvalue weighted by Gasteiger charge is -2.12. The average molecular weight is 245 g/mol. The van der Waals surface area contributed by atoms with E-state index in [1.807, 2.05) is 21.0 Å². The lowest BCUT2D eigenvalue weighted by Crippen LogP contribution is -2.08. The monoisotopic (exact) mass is 245 g/mol.